The highest BCUT2D eigenvalue weighted by Crippen LogP contribution is 2.30. The van der Waals surface area contributed by atoms with Crippen LogP contribution in [0, 0.1) is 5.92 Å². The first-order valence-corrected chi connectivity index (χ1v) is 9.53. The van der Waals surface area contributed by atoms with Gasteiger partial charge in [0.05, 0.1) is 11.7 Å². The Morgan fingerprint density at radius 1 is 1.19 bits per heavy atom. The first-order valence-electron chi connectivity index (χ1n) is 9.53. The summed E-state index contributed by atoms with van der Waals surface area (Å²) >= 11 is 0. The van der Waals surface area contributed by atoms with Gasteiger partial charge in [0.15, 0.2) is 0 Å². The van der Waals surface area contributed by atoms with Crippen molar-refractivity contribution in [2.75, 3.05) is 6.61 Å². The summed E-state index contributed by atoms with van der Waals surface area (Å²) in [5.74, 6) is 2.82. The molecule has 140 valence electrons. The lowest BCUT2D eigenvalue weighted by atomic mass is 9.86. The molecule has 1 fully saturated rings. The van der Waals surface area contributed by atoms with E-state index in [-0.39, 0.29) is 12.6 Å². The second kappa shape index (κ2) is 8.43. The molecule has 1 heterocycles. The van der Waals surface area contributed by atoms with Gasteiger partial charge in [-0.25, -0.2) is 4.79 Å². The number of esters is 1. The SMILES string of the molecule is C=C1CC(COC(=O)c2ccc(OC3CCC(CC)CC3)cc2)=C(C)O1. The molecule has 0 saturated heterocycles. The second-order valence-electron chi connectivity index (χ2n) is 7.25. The maximum absolute atomic E-state index is 12.2. The monoisotopic (exact) mass is 356 g/mol. The molecule has 3 rings (SSSR count). The van der Waals surface area contributed by atoms with Gasteiger partial charge in [-0.3, -0.25) is 0 Å². The van der Waals surface area contributed by atoms with Gasteiger partial charge < -0.3 is 14.2 Å². The van der Waals surface area contributed by atoms with Crippen LogP contribution in [0.1, 0.15) is 62.7 Å². The van der Waals surface area contributed by atoms with Crippen molar-refractivity contribution in [2.45, 2.75) is 58.5 Å². The molecule has 0 unspecified atom stereocenters. The molecular weight excluding hydrogens is 328 g/mol. The van der Waals surface area contributed by atoms with Crippen molar-refractivity contribution in [3.8, 4) is 5.75 Å². The molecule has 1 aliphatic carbocycles. The van der Waals surface area contributed by atoms with E-state index < -0.39 is 0 Å². The van der Waals surface area contributed by atoms with Gasteiger partial charge in [-0.15, -0.1) is 0 Å². The zero-order valence-corrected chi connectivity index (χ0v) is 15.8. The Balaban J connectivity index is 1.48. The molecule has 1 aliphatic heterocycles. The fourth-order valence-corrected chi connectivity index (χ4v) is 3.60. The summed E-state index contributed by atoms with van der Waals surface area (Å²) in [6, 6.07) is 7.24. The molecule has 0 spiro atoms. The number of benzene rings is 1. The zero-order chi connectivity index (χ0) is 18.5. The summed E-state index contributed by atoms with van der Waals surface area (Å²) in [6.07, 6.45) is 6.91. The molecule has 4 nitrogen and oxygen atoms in total. The van der Waals surface area contributed by atoms with Gasteiger partial charge in [-0.1, -0.05) is 19.9 Å². The Morgan fingerprint density at radius 3 is 2.46 bits per heavy atom. The molecule has 1 aromatic carbocycles. The minimum Gasteiger partial charge on any atom is -0.490 e. The van der Waals surface area contributed by atoms with Crippen LogP contribution in [0.25, 0.3) is 0 Å². The summed E-state index contributed by atoms with van der Waals surface area (Å²) in [5, 5.41) is 0. The maximum atomic E-state index is 12.2. The maximum Gasteiger partial charge on any atom is 0.338 e. The molecule has 1 saturated carbocycles. The lowest BCUT2D eigenvalue weighted by Gasteiger charge is -2.28. The molecule has 26 heavy (non-hydrogen) atoms. The first kappa shape index (κ1) is 18.6. The van der Waals surface area contributed by atoms with Crippen molar-refractivity contribution in [2.24, 2.45) is 5.92 Å². The second-order valence-corrected chi connectivity index (χ2v) is 7.25. The van der Waals surface area contributed by atoms with E-state index in [0.717, 1.165) is 35.8 Å². The lowest BCUT2D eigenvalue weighted by Crippen LogP contribution is -2.23. The van der Waals surface area contributed by atoms with Gasteiger partial charge in [0.2, 0.25) is 0 Å². The molecular formula is C22H28O4. The van der Waals surface area contributed by atoms with Gasteiger partial charge in [0, 0.05) is 12.0 Å². The van der Waals surface area contributed by atoms with Crippen molar-refractivity contribution in [1.29, 1.82) is 0 Å². The number of carbonyl (C=O) groups excluding carboxylic acids is 1. The number of carbonyl (C=O) groups is 1. The van der Waals surface area contributed by atoms with Crippen molar-refractivity contribution in [3.63, 3.8) is 0 Å². The summed E-state index contributed by atoms with van der Waals surface area (Å²) in [7, 11) is 0. The smallest absolute Gasteiger partial charge is 0.338 e. The minimum atomic E-state index is -0.335. The van der Waals surface area contributed by atoms with Crippen LogP contribution in [0.3, 0.4) is 0 Å². The van der Waals surface area contributed by atoms with Crippen molar-refractivity contribution in [3.05, 3.63) is 53.5 Å². The third-order valence-corrected chi connectivity index (χ3v) is 5.35. The molecule has 2 aliphatic rings. The van der Waals surface area contributed by atoms with E-state index in [1.807, 2.05) is 19.1 Å². The van der Waals surface area contributed by atoms with E-state index in [0.29, 0.717) is 23.8 Å². The van der Waals surface area contributed by atoms with Crippen molar-refractivity contribution < 1.29 is 19.0 Å². The third-order valence-electron chi connectivity index (χ3n) is 5.35. The number of ether oxygens (including phenoxy) is 3. The van der Waals surface area contributed by atoms with Crippen LogP contribution in [0.5, 0.6) is 5.75 Å². The molecule has 0 amide bonds. The minimum absolute atomic E-state index is 0.239. The number of allylic oxidation sites excluding steroid dienone is 2. The number of hydrogen-bond acceptors (Lipinski definition) is 4. The molecule has 0 aromatic heterocycles. The summed E-state index contributed by atoms with van der Waals surface area (Å²) in [6.45, 7) is 8.15. The van der Waals surface area contributed by atoms with Crippen molar-refractivity contribution >= 4 is 5.97 Å². The average Bonchev–Trinajstić information content (AvgIpc) is 2.98. The largest absolute Gasteiger partial charge is 0.490 e. The first-order chi connectivity index (χ1) is 12.5. The molecule has 0 atom stereocenters. The van der Waals surface area contributed by atoms with Gasteiger partial charge in [-0.05, 0) is 62.8 Å². The van der Waals surface area contributed by atoms with Crippen LogP contribution in [0.15, 0.2) is 47.9 Å². The van der Waals surface area contributed by atoms with Gasteiger partial charge in [0.25, 0.3) is 0 Å². The van der Waals surface area contributed by atoms with Crippen molar-refractivity contribution in [1.82, 2.24) is 0 Å². The summed E-state index contributed by atoms with van der Waals surface area (Å²) in [5.41, 5.74) is 1.49. The van der Waals surface area contributed by atoms with E-state index in [1.165, 1.54) is 19.3 Å². The topological polar surface area (TPSA) is 44.8 Å². The normalized spacial score (nSPS) is 22.9. The van der Waals surface area contributed by atoms with Crippen LogP contribution in [0.4, 0.5) is 0 Å². The Bertz CT molecular complexity index is 679. The van der Waals surface area contributed by atoms with Crippen LogP contribution in [-0.2, 0) is 9.47 Å². The van der Waals surface area contributed by atoms with E-state index in [9.17, 15) is 4.79 Å². The van der Waals surface area contributed by atoms with E-state index in [4.69, 9.17) is 14.2 Å². The van der Waals surface area contributed by atoms with Crippen LogP contribution >= 0.6 is 0 Å². The average molecular weight is 356 g/mol. The molecule has 1 aromatic rings. The quantitative estimate of drug-likeness (QED) is 0.640. The van der Waals surface area contributed by atoms with Gasteiger partial charge in [-0.2, -0.15) is 0 Å². The highest BCUT2D eigenvalue weighted by atomic mass is 16.5. The summed E-state index contributed by atoms with van der Waals surface area (Å²) in [4.78, 5) is 12.2. The standard InChI is InChI=1S/C22H28O4/c1-4-17-5-9-20(10-6-17)26-21-11-7-18(8-12-21)22(23)24-14-19-13-15(2)25-16(19)3/h7-8,11-12,17,20H,2,4-6,9-10,13-14H2,1,3H3. The molecule has 0 N–H and O–H groups in total. The third kappa shape index (κ3) is 4.69. The van der Waals surface area contributed by atoms with E-state index in [2.05, 4.69) is 13.5 Å². The van der Waals surface area contributed by atoms with Crippen LogP contribution in [0.2, 0.25) is 0 Å². The highest BCUT2D eigenvalue weighted by molar-refractivity contribution is 5.89. The Hall–Kier alpha value is -2.23. The fraction of sp³-hybridized carbons (Fsp3) is 0.500. The predicted octanol–water partition coefficient (Wildman–Crippen LogP) is 5.40. The molecule has 4 heteroatoms. The Kier molecular flexibility index (Phi) is 6.02. The Labute approximate surface area is 155 Å². The predicted molar refractivity (Wildman–Crippen MR) is 101 cm³/mol. The molecule has 0 radical (unpaired) electrons. The Morgan fingerprint density at radius 2 is 1.88 bits per heavy atom. The van der Waals surface area contributed by atoms with Gasteiger partial charge >= 0.3 is 5.97 Å². The highest BCUT2D eigenvalue weighted by Gasteiger charge is 2.21. The fourth-order valence-electron chi connectivity index (χ4n) is 3.60. The van der Waals surface area contributed by atoms with Crippen LogP contribution in [-0.4, -0.2) is 18.7 Å². The molecule has 0 bridgehead atoms. The van der Waals surface area contributed by atoms with Gasteiger partial charge in [0.1, 0.15) is 23.9 Å². The number of rotatable bonds is 6. The summed E-state index contributed by atoms with van der Waals surface area (Å²) < 4.78 is 16.8. The van der Waals surface area contributed by atoms with Crippen LogP contribution < -0.4 is 4.74 Å². The van der Waals surface area contributed by atoms with E-state index >= 15 is 0 Å². The van der Waals surface area contributed by atoms with E-state index in [1.54, 1.807) is 12.1 Å². The zero-order valence-electron chi connectivity index (χ0n) is 15.8. The number of hydrogen-bond donors (Lipinski definition) is 0. The lowest BCUT2D eigenvalue weighted by molar-refractivity contribution is 0.0538.